The van der Waals surface area contributed by atoms with Gasteiger partial charge in [0.25, 0.3) is 0 Å². The van der Waals surface area contributed by atoms with Crippen molar-refractivity contribution >= 4 is 5.91 Å². The predicted molar refractivity (Wildman–Crippen MR) is 71.1 cm³/mol. The molecule has 0 unspecified atom stereocenters. The van der Waals surface area contributed by atoms with Crippen LogP contribution in [0.4, 0.5) is 4.39 Å². The number of amides is 1. The largest absolute Gasteiger partial charge is 0.354 e. The lowest BCUT2D eigenvalue weighted by Crippen LogP contribution is -2.30. The fourth-order valence-electron chi connectivity index (χ4n) is 1.59. The third-order valence-corrected chi connectivity index (χ3v) is 2.70. The molecule has 2 heterocycles. The van der Waals surface area contributed by atoms with Gasteiger partial charge in [0.2, 0.25) is 5.91 Å². The van der Waals surface area contributed by atoms with E-state index in [2.05, 4.69) is 20.6 Å². The van der Waals surface area contributed by atoms with Crippen LogP contribution < -0.4 is 5.32 Å². The van der Waals surface area contributed by atoms with E-state index in [0.29, 0.717) is 24.3 Å². The van der Waals surface area contributed by atoms with Gasteiger partial charge >= 0.3 is 0 Å². The van der Waals surface area contributed by atoms with Crippen LogP contribution in [-0.2, 0) is 11.3 Å². The predicted octanol–water partition coefficient (Wildman–Crippen LogP) is 1.25. The number of halogens is 1. The minimum Gasteiger partial charge on any atom is -0.354 e. The van der Waals surface area contributed by atoms with E-state index in [0.717, 1.165) is 6.20 Å². The van der Waals surface area contributed by atoms with Crippen molar-refractivity contribution in [1.82, 2.24) is 25.3 Å². The topological polar surface area (TPSA) is 72.7 Å². The normalized spacial score (nSPS) is 10.8. The highest BCUT2D eigenvalue weighted by atomic mass is 19.1. The number of aromatic nitrogens is 4. The lowest BCUT2D eigenvalue weighted by molar-refractivity contribution is -0.124. The molecule has 1 N–H and O–H groups in total. The van der Waals surface area contributed by atoms with Crippen molar-refractivity contribution in [2.45, 2.75) is 20.4 Å². The molecular weight excluding hydrogens is 261 g/mol. The molecule has 0 radical (unpaired) electrons. The maximum atomic E-state index is 13.1. The summed E-state index contributed by atoms with van der Waals surface area (Å²) in [6, 6.07) is 1.35. The molecule has 0 atom stereocenters. The number of carbonyl (C=O) groups is 1. The van der Waals surface area contributed by atoms with Crippen molar-refractivity contribution in [1.29, 1.82) is 0 Å². The molecule has 0 bridgehead atoms. The van der Waals surface area contributed by atoms with Crippen LogP contribution in [0.25, 0.3) is 11.3 Å². The molecule has 0 aliphatic heterocycles. The molecule has 0 fully saturated rings. The highest BCUT2D eigenvalue weighted by Crippen LogP contribution is 2.15. The molecule has 1 amide bonds. The fraction of sp³-hybridized carbons (Fsp3) is 0.385. The average molecular weight is 277 g/mol. The lowest BCUT2D eigenvalue weighted by atomic mass is 10.2. The Morgan fingerprint density at radius 3 is 2.95 bits per heavy atom. The molecule has 6 nitrogen and oxygen atoms in total. The highest BCUT2D eigenvalue weighted by Gasteiger charge is 2.07. The smallest absolute Gasteiger partial charge is 0.222 e. The molecule has 2 aromatic heterocycles. The molecule has 0 aliphatic carbocycles. The SMILES string of the molecule is CC(C)C(=O)NCCn1cc(-c2cncc(F)c2)nn1. The monoisotopic (exact) mass is 277 g/mol. The Bertz CT molecular complexity index is 596. The Morgan fingerprint density at radius 1 is 1.45 bits per heavy atom. The molecule has 2 rings (SSSR count). The first-order valence-electron chi connectivity index (χ1n) is 6.35. The summed E-state index contributed by atoms with van der Waals surface area (Å²) in [5.74, 6) is -0.458. The van der Waals surface area contributed by atoms with Gasteiger partial charge in [-0.1, -0.05) is 19.1 Å². The number of rotatable bonds is 5. The summed E-state index contributed by atoms with van der Waals surface area (Å²) in [7, 11) is 0. The van der Waals surface area contributed by atoms with E-state index in [1.165, 1.54) is 12.3 Å². The second-order valence-electron chi connectivity index (χ2n) is 4.70. The molecule has 7 heteroatoms. The Labute approximate surface area is 116 Å². The van der Waals surface area contributed by atoms with E-state index < -0.39 is 5.82 Å². The second kappa shape index (κ2) is 6.23. The maximum Gasteiger partial charge on any atom is 0.222 e. The first-order chi connectivity index (χ1) is 9.56. The summed E-state index contributed by atoms with van der Waals surface area (Å²) in [5.41, 5.74) is 1.12. The van der Waals surface area contributed by atoms with Gasteiger partial charge in [0.1, 0.15) is 11.5 Å². The van der Waals surface area contributed by atoms with Gasteiger partial charge in [-0.3, -0.25) is 14.5 Å². The Hall–Kier alpha value is -2.31. The third-order valence-electron chi connectivity index (χ3n) is 2.70. The molecule has 0 saturated carbocycles. The van der Waals surface area contributed by atoms with Crippen molar-refractivity contribution in [3.8, 4) is 11.3 Å². The van der Waals surface area contributed by atoms with E-state index in [-0.39, 0.29) is 11.8 Å². The third kappa shape index (κ3) is 3.59. The van der Waals surface area contributed by atoms with E-state index >= 15 is 0 Å². The molecule has 0 saturated heterocycles. The van der Waals surface area contributed by atoms with Crippen LogP contribution in [0.15, 0.2) is 24.7 Å². The van der Waals surface area contributed by atoms with Gasteiger partial charge < -0.3 is 5.32 Å². The number of hydrogen-bond donors (Lipinski definition) is 1. The van der Waals surface area contributed by atoms with Crippen LogP contribution in [0.5, 0.6) is 0 Å². The standard InChI is InChI=1S/C13H16FN5O/c1-9(2)13(20)16-3-4-19-8-12(17-18-19)10-5-11(14)7-15-6-10/h5-9H,3-4H2,1-2H3,(H,16,20). The van der Waals surface area contributed by atoms with Gasteiger partial charge in [0.15, 0.2) is 0 Å². The van der Waals surface area contributed by atoms with Crippen molar-refractivity contribution in [3.05, 3.63) is 30.5 Å². The average Bonchev–Trinajstić information content (AvgIpc) is 2.87. The summed E-state index contributed by atoms with van der Waals surface area (Å²) in [6.07, 6.45) is 4.35. The van der Waals surface area contributed by atoms with Gasteiger partial charge in [-0.2, -0.15) is 0 Å². The summed E-state index contributed by atoms with van der Waals surface area (Å²) < 4.78 is 14.7. The minimum atomic E-state index is -0.416. The lowest BCUT2D eigenvalue weighted by Gasteiger charge is -2.06. The zero-order chi connectivity index (χ0) is 14.5. The van der Waals surface area contributed by atoms with Crippen molar-refractivity contribution < 1.29 is 9.18 Å². The van der Waals surface area contributed by atoms with Crippen molar-refractivity contribution in [3.63, 3.8) is 0 Å². The van der Waals surface area contributed by atoms with Gasteiger partial charge in [0.05, 0.1) is 18.9 Å². The first-order valence-corrected chi connectivity index (χ1v) is 6.35. The van der Waals surface area contributed by atoms with E-state index in [9.17, 15) is 9.18 Å². The van der Waals surface area contributed by atoms with Gasteiger partial charge in [-0.25, -0.2) is 4.39 Å². The summed E-state index contributed by atoms with van der Waals surface area (Å²) in [6.45, 7) is 4.65. The highest BCUT2D eigenvalue weighted by molar-refractivity contribution is 5.77. The zero-order valence-electron chi connectivity index (χ0n) is 11.4. The Morgan fingerprint density at radius 2 is 2.25 bits per heavy atom. The fourth-order valence-corrected chi connectivity index (χ4v) is 1.59. The van der Waals surface area contributed by atoms with Crippen LogP contribution in [-0.4, -0.2) is 32.4 Å². The molecular formula is C13H16FN5O. The maximum absolute atomic E-state index is 13.1. The van der Waals surface area contributed by atoms with E-state index in [1.54, 1.807) is 10.9 Å². The van der Waals surface area contributed by atoms with Crippen LogP contribution in [0, 0.1) is 11.7 Å². The summed E-state index contributed by atoms with van der Waals surface area (Å²) in [5, 5.41) is 10.7. The van der Waals surface area contributed by atoms with Gasteiger partial charge in [-0.15, -0.1) is 5.10 Å². The van der Waals surface area contributed by atoms with Gasteiger partial charge in [-0.05, 0) is 6.07 Å². The quantitative estimate of drug-likeness (QED) is 0.892. The summed E-state index contributed by atoms with van der Waals surface area (Å²) in [4.78, 5) is 15.2. The van der Waals surface area contributed by atoms with Crippen LogP contribution >= 0.6 is 0 Å². The van der Waals surface area contributed by atoms with Gasteiger partial charge in [0, 0.05) is 24.2 Å². The minimum absolute atomic E-state index is 0.000306. The van der Waals surface area contributed by atoms with E-state index in [4.69, 9.17) is 0 Å². The number of hydrogen-bond acceptors (Lipinski definition) is 4. The van der Waals surface area contributed by atoms with E-state index in [1.807, 2.05) is 13.8 Å². The molecule has 0 spiro atoms. The van der Waals surface area contributed by atoms with Crippen LogP contribution in [0.2, 0.25) is 0 Å². The molecule has 2 aromatic rings. The molecule has 0 aromatic carbocycles. The first kappa shape index (κ1) is 14.1. The Kier molecular flexibility index (Phi) is 4.39. The van der Waals surface area contributed by atoms with Crippen molar-refractivity contribution in [2.75, 3.05) is 6.54 Å². The molecule has 106 valence electrons. The molecule has 0 aliphatic rings. The number of nitrogens with zero attached hydrogens (tertiary/aromatic N) is 4. The number of nitrogens with one attached hydrogen (secondary N) is 1. The van der Waals surface area contributed by atoms with Crippen LogP contribution in [0.3, 0.4) is 0 Å². The second-order valence-corrected chi connectivity index (χ2v) is 4.70. The zero-order valence-corrected chi connectivity index (χ0v) is 11.4. The molecule has 20 heavy (non-hydrogen) atoms. The van der Waals surface area contributed by atoms with Crippen LogP contribution in [0.1, 0.15) is 13.8 Å². The Balaban J connectivity index is 1.94. The van der Waals surface area contributed by atoms with Crippen molar-refractivity contribution in [2.24, 2.45) is 5.92 Å². The number of carbonyl (C=O) groups excluding carboxylic acids is 1. The summed E-state index contributed by atoms with van der Waals surface area (Å²) >= 11 is 0. The number of pyridine rings is 1.